The number of carbonyl (C=O) groups is 2. The minimum absolute atomic E-state index is 0.0462. The van der Waals surface area contributed by atoms with Crippen LogP contribution in [0.25, 0.3) is 0 Å². The zero-order valence-electron chi connectivity index (χ0n) is 15.0. The number of nitrogens with one attached hydrogen (secondary N) is 1. The number of amides is 3. The molecule has 1 saturated heterocycles. The lowest BCUT2D eigenvalue weighted by Crippen LogP contribution is -2.47. The zero-order chi connectivity index (χ0) is 18.0. The highest BCUT2D eigenvalue weighted by atomic mass is 16.3. The number of nitrogens with zero attached hydrogens (tertiary/aromatic N) is 2. The van der Waals surface area contributed by atoms with E-state index in [9.17, 15) is 14.7 Å². The van der Waals surface area contributed by atoms with E-state index < -0.39 is 17.7 Å². The van der Waals surface area contributed by atoms with E-state index in [1.165, 1.54) is 16.0 Å². The summed E-state index contributed by atoms with van der Waals surface area (Å²) in [5.41, 5.74) is 1.84. The quantitative estimate of drug-likeness (QED) is 0.767. The van der Waals surface area contributed by atoms with Crippen molar-refractivity contribution in [3.8, 4) is 0 Å². The molecule has 0 spiro atoms. The number of urea groups is 1. The lowest BCUT2D eigenvalue weighted by molar-refractivity contribution is -0.132. The molecule has 2 aliphatic rings. The largest absolute Gasteiger partial charge is 0.390 e. The van der Waals surface area contributed by atoms with Gasteiger partial charge < -0.3 is 10.4 Å². The lowest BCUT2D eigenvalue weighted by Gasteiger charge is -2.31. The predicted molar refractivity (Wildman–Crippen MR) is 95.0 cm³/mol. The Hall–Kier alpha value is -1.92. The van der Waals surface area contributed by atoms with Crippen molar-refractivity contribution in [3.05, 3.63) is 35.4 Å². The van der Waals surface area contributed by atoms with Crippen LogP contribution in [-0.4, -0.2) is 58.1 Å². The Morgan fingerprint density at radius 3 is 2.48 bits per heavy atom. The van der Waals surface area contributed by atoms with E-state index in [1.807, 2.05) is 19.9 Å². The highest BCUT2D eigenvalue weighted by Gasteiger charge is 2.49. The molecule has 3 amide bonds. The minimum atomic E-state index is -0.805. The van der Waals surface area contributed by atoms with E-state index >= 15 is 0 Å². The normalized spacial score (nSPS) is 21.2. The minimum Gasteiger partial charge on any atom is -0.390 e. The summed E-state index contributed by atoms with van der Waals surface area (Å²) in [6.07, 6.45) is 1.33. The summed E-state index contributed by atoms with van der Waals surface area (Å²) in [4.78, 5) is 28.1. The third-order valence-corrected chi connectivity index (χ3v) is 5.52. The Labute approximate surface area is 148 Å². The molecule has 1 atom stereocenters. The molecule has 25 heavy (non-hydrogen) atoms. The van der Waals surface area contributed by atoms with Crippen molar-refractivity contribution in [1.82, 2.24) is 15.1 Å². The smallest absolute Gasteiger partial charge is 0.325 e. The van der Waals surface area contributed by atoms with Crippen LogP contribution in [0.3, 0.4) is 0 Å². The Bertz CT molecular complexity index is 657. The molecular formula is C19H27N3O3. The van der Waals surface area contributed by atoms with Gasteiger partial charge in [0.1, 0.15) is 5.54 Å². The molecule has 6 nitrogen and oxygen atoms in total. The number of hydrogen-bond acceptors (Lipinski definition) is 4. The van der Waals surface area contributed by atoms with E-state index in [0.29, 0.717) is 19.4 Å². The Balaban J connectivity index is 1.59. The van der Waals surface area contributed by atoms with Crippen molar-refractivity contribution >= 4 is 11.9 Å². The summed E-state index contributed by atoms with van der Waals surface area (Å²) in [6, 6.07) is 7.94. The van der Waals surface area contributed by atoms with Gasteiger partial charge in [-0.25, -0.2) is 4.79 Å². The maximum atomic E-state index is 12.6. The highest BCUT2D eigenvalue weighted by molar-refractivity contribution is 6.07. The number of fused-ring (bicyclic) bond motifs is 1. The van der Waals surface area contributed by atoms with E-state index in [1.54, 1.807) is 0 Å². The van der Waals surface area contributed by atoms with Gasteiger partial charge in [-0.2, -0.15) is 0 Å². The molecule has 3 rings (SSSR count). The van der Waals surface area contributed by atoms with E-state index in [2.05, 4.69) is 28.4 Å². The molecule has 1 aromatic carbocycles. The first kappa shape index (κ1) is 17.9. The second-order valence-corrected chi connectivity index (χ2v) is 7.04. The molecule has 0 saturated carbocycles. The molecule has 0 unspecified atom stereocenters. The van der Waals surface area contributed by atoms with Gasteiger partial charge in [0.2, 0.25) is 0 Å². The van der Waals surface area contributed by atoms with Crippen LogP contribution >= 0.6 is 0 Å². The zero-order valence-corrected chi connectivity index (χ0v) is 15.0. The number of imide groups is 1. The number of aliphatic hydroxyl groups excluding tert-OH is 1. The molecular weight excluding hydrogens is 318 g/mol. The summed E-state index contributed by atoms with van der Waals surface area (Å²) in [6.45, 7) is 5.96. The van der Waals surface area contributed by atoms with E-state index in [0.717, 1.165) is 19.5 Å². The van der Waals surface area contributed by atoms with E-state index in [-0.39, 0.29) is 12.5 Å². The van der Waals surface area contributed by atoms with Gasteiger partial charge in [-0.3, -0.25) is 14.6 Å². The summed E-state index contributed by atoms with van der Waals surface area (Å²) in [5, 5.41) is 13.2. The van der Waals surface area contributed by atoms with Gasteiger partial charge in [-0.05, 0) is 30.4 Å². The molecule has 136 valence electrons. The van der Waals surface area contributed by atoms with Crippen LogP contribution in [0, 0.1) is 0 Å². The molecule has 1 fully saturated rings. The second kappa shape index (κ2) is 7.14. The molecule has 2 heterocycles. The van der Waals surface area contributed by atoms with Crippen molar-refractivity contribution < 1.29 is 14.7 Å². The number of hydrogen-bond donors (Lipinski definition) is 2. The van der Waals surface area contributed by atoms with Gasteiger partial charge in [0.15, 0.2) is 0 Å². The fraction of sp³-hybridized carbons (Fsp3) is 0.579. The molecule has 1 aromatic rings. The molecule has 0 bridgehead atoms. The average molecular weight is 345 g/mol. The van der Waals surface area contributed by atoms with Crippen LogP contribution in [0.15, 0.2) is 24.3 Å². The van der Waals surface area contributed by atoms with Crippen LogP contribution < -0.4 is 5.32 Å². The summed E-state index contributed by atoms with van der Waals surface area (Å²) < 4.78 is 0. The van der Waals surface area contributed by atoms with E-state index in [4.69, 9.17) is 0 Å². The van der Waals surface area contributed by atoms with Gasteiger partial charge >= 0.3 is 6.03 Å². The summed E-state index contributed by atoms with van der Waals surface area (Å²) in [7, 11) is 0. The lowest BCUT2D eigenvalue weighted by atomic mass is 9.93. The maximum Gasteiger partial charge on any atom is 0.325 e. The monoisotopic (exact) mass is 345 g/mol. The van der Waals surface area contributed by atoms with Crippen molar-refractivity contribution in [2.45, 2.75) is 51.3 Å². The standard InChI is InChI=1S/C19H27N3O3/c1-3-19(4-2)17(24)22(18(25)20-19)13-16(23)12-21-10-9-14-7-5-6-8-15(14)11-21/h5-8,16,23H,3-4,9-13H2,1-2H3,(H,20,25)/t16-/m0/s1. The van der Waals surface area contributed by atoms with Gasteiger partial charge in [0, 0.05) is 19.6 Å². The van der Waals surface area contributed by atoms with Gasteiger partial charge in [0.25, 0.3) is 5.91 Å². The van der Waals surface area contributed by atoms with Crippen LogP contribution in [0.5, 0.6) is 0 Å². The highest BCUT2D eigenvalue weighted by Crippen LogP contribution is 2.25. The second-order valence-electron chi connectivity index (χ2n) is 7.04. The fourth-order valence-corrected chi connectivity index (χ4v) is 3.85. The molecule has 6 heteroatoms. The van der Waals surface area contributed by atoms with Gasteiger partial charge in [-0.1, -0.05) is 38.1 Å². The molecule has 0 aliphatic carbocycles. The first-order valence-corrected chi connectivity index (χ1v) is 9.10. The fourth-order valence-electron chi connectivity index (χ4n) is 3.85. The number of benzene rings is 1. The van der Waals surface area contributed by atoms with Crippen LogP contribution in [0.2, 0.25) is 0 Å². The molecule has 0 aromatic heterocycles. The third-order valence-electron chi connectivity index (χ3n) is 5.52. The molecule has 2 N–H and O–H groups in total. The topological polar surface area (TPSA) is 72.9 Å². The number of rotatable bonds is 6. The predicted octanol–water partition coefficient (Wildman–Crippen LogP) is 1.52. The molecule has 0 radical (unpaired) electrons. The number of carbonyl (C=O) groups excluding carboxylic acids is 2. The maximum absolute atomic E-state index is 12.6. The van der Waals surface area contributed by atoms with Crippen molar-refractivity contribution in [2.75, 3.05) is 19.6 Å². The van der Waals surface area contributed by atoms with Crippen molar-refractivity contribution in [2.24, 2.45) is 0 Å². The van der Waals surface area contributed by atoms with Gasteiger partial charge in [-0.15, -0.1) is 0 Å². The SMILES string of the molecule is CCC1(CC)NC(=O)N(C[C@@H](O)CN2CCc3ccccc3C2)C1=O. The van der Waals surface area contributed by atoms with Crippen molar-refractivity contribution in [1.29, 1.82) is 0 Å². The van der Waals surface area contributed by atoms with Crippen LogP contribution in [0.4, 0.5) is 4.79 Å². The van der Waals surface area contributed by atoms with Crippen LogP contribution in [0.1, 0.15) is 37.8 Å². The number of aliphatic hydroxyl groups is 1. The Kier molecular flexibility index (Phi) is 5.11. The Morgan fingerprint density at radius 1 is 1.16 bits per heavy atom. The van der Waals surface area contributed by atoms with Crippen molar-refractivity contribution in [3.63, 3.8) is 0 Å². The summed E-state index contributed by atoms with van der Waals surface area (Å²) in [5.74, 6) is -0.217. The first-order chi connectivity index (χ1) is 12.0. The van der Waals surface area contributed by atoms with Gasteiger partial charge in [0.05, 0.1) is 12.6 Å². The van der Waals surface area contributed by atoms with Crippen LogP contribution in [-0.2, 0) is 17.8 Å². The average Bonchev–Trinajstić information content (AvgIpc) is 2.86. The first-order valence-electron chi connectivity index (χ1n) is 9.10. The number of β-amino-alcohol motifs (C(OH)–C–C–N with tert-alkyl or cyclic N) is 1. The third kappa shape index (κ3) is 3.41. The molecule has 2 aliphatic heterocycles. The Morgan fingerprint density at radius 2 is 1.84 bits per heavy atom. The summed E-state index contributed by atoms with van der Waals surface area (Å²) >= 11 is 0.